The van der Waals surface area contributed by atoms with E-state index < -0.39 is 0 Å². The number of hydrogen-bond acceptors (Lipinski definition) is 3. The summed E-state index contributed by atoms with van der Waals surface area (Å²) < 4.78 is 5.15. The molecule has 5 heteroatoms. The Kier molecular flexibility index (Phi) is 6.07. The van der Waals surface area contributed by atoms with Gasteiger partial charge in [0.1, 0.15) is 5.75 Å². The molecule has 0 aliphatic heterocycles. The first-order valence-corrected chi connectivity index (χ1v) is 8.94. The van der Waals surface area contributed by atoms with Crippen LogP contribution in [0.1, 0.15) is 31.8 Å². The van der Waals surface area contributed by atoms with Crippen molar-refractivity contribution < 1.29 is 14.3 Å². The number of rotatable bonds is 6. The highest BCUT2D eigenvalue weighted by Crippen LogP contribution is 2.17. The van der Waals surface area contributed by atoms with Gasteiger partial charge < -0.3 is 15.4 Å². The largest absolute Gasteiger partial charge is 0.497 e. The second-order valence-corrected chi connectivity index (χ2v) is 6.43. The summed E-state index contributed by atoms with van der Waals surface area (Å²) in [6.45, 7) is 2.48. The lowest BCUT2D eigenvalue weighted by Gasteiger charge is -2.08. The van der Waals surface area contributed by atoms with Crippen LogP contribution in [0.25, 0.3) is 0 Å². The summed E-state index contributed by atoms with van der Waals surface area (Å²) in [4.78, 5) is 24.7. The molecule has 3 aromatic rings. The van der Waals surface area contributed by atoms with Crippen LogP contribution in [0.5, 0.6) is 5.75 Å². The van der Waals surface area contributed by atoms with Gasteiger partial charge in [-0.3, -0.25) is 9.59 Å². The minimum Gasteiger partial charge on any atom is -0.497 e. The summed E-state index contributed by atoms with van der Waals surface area (Å²) >= 11 is 0. The molecule has 0 saturated heterocycles. The van der Waals surface area contributed by atoms with Crippen molar-refractivity contribution in [1.82, 2.24) is 5.32 Å². The summed E-state index contributed by atoms with van der Waals surface area (Å²) in [6, 6.07) is 21.7. The molecule has 0 bridgehead atoms. The van der Waals surface area contributed by atoms with Crippen molar-refractivity contribution in [2.75, 3.05) is 12.4 Å². The van der Waals surface area contributed by atoms with E-state index in [1.807, 2.05) is 31.2 Å². The summed E-state index contributed by atoms with van der Waals surface area (Å²) in [7, 11) is 1.57. The molecular weight excluding hydrogens is 352 g/mol. The Bertz CT molecular complexity index is 964. The molecule has 3 rings (SSSR count). The Hall–Kier alpha value is -3.60. The minimum absolute atomic E-state index is 0.180. The van der Waals surface area contributed by atoms with Gasteiger partial charge in [0.05, 0.1) is 7.11 Å². The molecule has 0 aliphatic rings. The molecule has 0 aliphatic carbocycles. The van der Waals surface area contributed by atoms with E-state index in [4.69, 9.17) is 4.74 Å². The predicted molar refractivity (Wildman–Crippen MR) is 110 cm³/mol. The molecule has 0 heterocycles. The summed E-state index contributed by atoms with van der Waals surface area (Å²) in [5.74, 6) is 0.235. The highest BCUT2D eigenvalue weighted by Gasteiger charge is 2.10. The van der Waals surface area contributed by atoms with E-state index in [0.717, 1.165) is 5.56 Å². The van der Waals surface area contributed by atoms with Crippen LogP contribution in [0.2, 0.25) is 0 Å². The van der Waals surface area contributed by atoms with Crippen molar-refractivity contribution >= 4 is 17.5 Å². The summed E-state index contributed by atoms with van der Waals surface area (Å²) in [6.07, 6.45) is 0. The Labute approximate surface area is 164 Å². The highest BCUT2D eigenvalue weighted by atomic mass is 16.5. The monoisotopic (exact) mass is 374 g/mol. The van der Waals surface area contributed by atoms with E-state index in [-0.39, 0.29) is 11.8 Å². The Morgan fingerprint density at radius 1 is 0.857 bits per heavy atom. The van der Waals surface area contributed by atoms with Crippen molar-refractivity contribution in [3.05, 3.63) is 95.1 Å². The summed E-state index contributed by atoms with van der Waals surface area (Å²) in [5, 5.41) is 5.70. The number of benzene rings is 3. The van der Waals surface area contributed by atoms with Crippen LogP contribution in [-0.4, -0.2) is 18.9 Å². The van der Waals surface area contributed by atoms with Gasteiger partial charge in [0, 0.05) is 29.4 Å². The maximum atomic E-state index is 12.4. The van der Waals surface area contributed by atoms with Crippen LogP contribution >= 0.6 is 0 Å². The third-order valence-corrected chi connectivity index (χ3v) is 4.31. The molecule has 2 amide bonds. The van der Waals surface area contributed by atoms with Gasteiger partial charge in [-0.2, -0.15) is 0 Å². The molecule has 2 N–H and O–H groups in total. The Balaban J connectivity index is 1.59. The van der Waals surface area contributed by atoms with E-state index in [1.54, 1.807) is 55.6 Å². The maximum absolute atomic E-state index is 12.4. The molecule has 0 radical (unpaired) electrons. The first-order valence-electron chi connectivity index (χ1n) is 8.94. The van der Waals surface area contributed by atoms with Gasteiger partial charge in [0.25, 0.3) is 11.8 Å². The molecule has 5 nitrogen and oxygen atoms in total. The molecule has 28 heavy (non-hydrogen) atoms. The van der Waals surface area contributed by atoms with E-state index in [0.29, 0.717) is 29.1 Å². The fourth-order valence-corrected chi connectivity index (χ4v) is 2.67. The van der Waals surface area contributed by atoms with E-state index >= 15 is 0 Å². The van der Waals surface area contributed by atoms with Gasteiger partial charge in [-0.1, -0.05) is 35.9 Å². The zero-order valence-electron chi connectivity index (χ0n) is 15.9. The van der Waals surface area contributed by atoms with Crippen molar-refractivity contribution in [3.63, 3.8) is 0 Å². The maximum Gasteiger partial charge on any atom is 0.255 e. The van der Waals surface area contributed by atoms with Gasteiger partial charge in [-0.25, -0.2) is 0 Å². The second-order valence-electron chi connectivity index (χ2n) is 6.43. The fourth-order valence-electron chi connectivity index (χ4n) is 2.67. The van der Waals surface area contributed by atoms with Crippen LogP contribution < -0.4 is 15.4 Å². The third-order valence-electron chi connectivity index (χ3n) is 4.31. The zero-order valence-corrected chi connectivity index (χ0v) is 15.9. The molecule has 0 fully saturated rings. The van der Waals surface area contributed by atoms with Crippen LogP contribution in [0.3, 0.4) is 0 Å². The first-order chi connectivity index (χ1) is 13.5. The minimum atomic E-state index is -0.250. The molecule has 142 valence electrons. The molecule has 0 unspecified atom stereocenters. The lowest BCUT2D eigenvalue weighted by molar-refractivity contribution is 0.0949. The number of amides is 2. The van der Waals surface area contributed by atoms with Gasteiger partial charge in [0.2, 0.25) is 0 Å². The third kappa shape index (κ3) is 4.98. The number of anilines is 1. The van der Waals surface area contributed by atoms with Gasteiger partial charge in [-0.05, 0) is 48.9 Å². The van der Waals surface area contributed by atoms with Crippen molar-refractivity contribution in [2.24, 2.45) is 0 Å². The van der Waals surface area contributed by atoms with E-state index in [9.17, 15) is 9.59 Å². The van der Waals surface area contributed by atoms with E-state index in [1.165, 1.54) is 5.56 Å². The molecule has 0 spiro atoms. The Morgan fingerprint density at radius 2 is 1.50 bits per heavy atom. The molecule has 0 saturated carbocycles. The number of aryl methyl sites for hydroxylation is 1. The molecule has 0 aromatic heterocycles. The lowest BCUT2D eigenvalue weighted by Crippen LogP contribution is -2.23. The molecular formula is C23H22N2O3. The van der Waals surface area contributed by atoms with Crippen LogP contribution in [0.15, 0.2) is 72.8 Å². The zero-order chi connectivity index (χ0) is 19.9. The fraction of sp³-hybridized carbons (Fsp3) is 0.130. The second kappa shape index (κ2) is 8.86. The standard InChI is InChI=1S/C23H22N2O3/c1-16-6-8-17(9-7-16)15-24-22(26)18-10-12-19(13-11-18)23(27)25-20-4-3-5-21(14-20)28-2/h3-14H,15H2,1-2H3,(H,24,26)(H,25,27). The number of nitrogens with one attached hydrogen (secondary N) is 2. The van der Waals surface area contributed by atoms with Gasteiger partial charge >= 0.3 is 0 Å². The smallest absolute Gasteiger partial charge is 0.255 e. The summed E-state index contributed by atoms with van der Waals surface area (Å²) in [5.41, 5.74) is 3.83. The molecule has 0 atom stereocenters. The number of hydrogen-bond donors (Lipinski definition) is 2. The number of methoxy groups -OCH3 is 1. The van der Waals surface area contributed by atoms with Crippen LogP contribution in [-0.2, 0) is 6.54 Å². The highest BCUT2D eigenvalue weighted by molar-refractivity contribution is 6.05. The first kappa shape index (κ1) is 19.2. The number of carbonyl (C=O) groups excluding carboxylic acids is 2. The van der Waals surface area contributed by atoms with Gasteiger partial charge in [0.15, 0.2) is 0 Å². The topological polar surface area (TPSA) is 67.4 Å². The number of ether oxygens (including phenoxy) is 1. The Morgan fingerprint density at radius 3 is 2.14 bits per heavy atom. The number of carbonyl (C=O) groups is 2. The lowest BCUT2D eigenvalue weighted by atomic mass is 10.1. The van der Waals surface area contributed by atoms with Crippen LogP contribution in [0.4, 0.5) is 5.69 Å². The average Bonchev–Trinajstić information content (AvgIpc) is 2.73. The van der Waals surface area contributed by atoms with Gasteiger partial charge in [-0.15, -0.1) is 0 Å². The van der Waals surface area contributed by atoms with Crippen molar-refractivity contribution in [2.45, 2.75) is 13.5 Å². The predicted octanol–water partition coefficient (Wildman–Crippen LogP) is 4.19. The van der Waals surface area contributed by atoms with Crippen molar-refractivity contribution in [3.8, 4) is 5.75 Å². The quantitative estimate of drug-likeness (QED) is 0.680. The molecule has 3 aromatic carbocycles. The van der Waals surface area contributed by atoms with Crippen molar-refractivity contribution in [1.29, 1.82) is 0 Å². The van der Waals surface area contributed by atoms with Crippen LogP contribution in [0, 0.1) is 6.92 Å². The average molecular weight is 374 g/mol. The van der Waals surface area contributed by atoms with E-state index in [2.05, 4.69) is 10.6 Å². The normalized spacial score (nSPS) is 10.2. The SMILES string of the molecule is COc1cccc(NC(=O)c2ccc(C(=O)NCc3ccc(C)cc3)cc2)c1.